The maximum atomic E-state index is 13.2. The quantitative estimate of drug-likeness (QED) is 0.905. The standard InChI is InChI=1S/C22H28N2O2/c1-21(2,3)24-20(25)22(10-13-26-14-11-22)15-17-7-4-5-9-19(17)18-8-6-12-23-16-18/h4-9,12,16H,10-11,13-15H2,1-3H3,(H,24,25). The Labute approximate surface area is 156 Å². The third kappa shape index (κ3) is 4.31. The molecule has 0 bridgehead atoms. The maximum absolute atomic E-state index is 13.2. The summed E-state index contributed by atoms with van der Waals surface area (Å²) in [5.41, 5.74) is 2.75. The molecule has 2 heterocycles. The number of ether oxygens (including phenoxy) is 1. The predicted molar refractivity (Wildman–Crippen MR) is 104 cm³/mol. The van der Waals surface area contributed by atoms with Crippen molar-refractivity contribution >= 4 is 5.91 Å². The highest BCUT2D eigenvalue weighted by Crippen LogP contribution is 2.38. The number of rotatable bonds is 4. The Kier molecular flexibility index (Phi) is 5.42. The highest BCUT2D eigenvalue weighted by atomic mass is 16.5. The summed E-state index contributed by atoms with van der Waals surface area (Å²) < 4.78 is 5.57. The van der Waals surface area contributed by atoms with Gasteiger partial charge in [-0.15, -0.1) is 0 Å². The zero-order valence-electron chi connectivity index (χ0n) is 15.9. The number of hydrogen-bond acceptors (Lipinski definition) is 3. The Morgan fingerprint density at radius 3 is 2.54 bits per heavy atom. The zero-order chi connectivity index (χ0) is 18.6. The van der Waals surface area contributed by atoms with Gasteiger partial charge in [0.05, 0.1) is 5.41 Å². The summed E-state index contributed by atoms with van der Waals surface area (Å²) in [5.74, 6) is 0.134. The van der Waals surface area contributed by atoms with Crippen LogP contribution in [0.4, 0.5) is 0 Å². The molecule has 1 aromatic carbocycles. The van der Waals surface area contributed by atoms with Crippen molar-refractivity contribution in [1.82, 2.24) is 10.3 Å². The lowest BCUT2D eigenvalue weighted by Crippen LogP contribution is -2.52. The van der Waals surface area contributed by atoms with Gasteiger partial charge in [-0.3, -0.25) is 9.78 Å². The van der Waals surface area contributed by atoms with Crippen LogP contribution in [0.2, 0.25) is 0 Å². The molecule has 4 nitrogen and oxygen atoms in total. The maximum Gasteiger partial charge on any atom is 0.227 e. The summed E-state index contributed by atoms with van der Waals surface area (Å²) in [6, 6.07) is 12.3. The molecule has 0 unspecified atom stereocenters. The van der Waals surface area contributed by atoms with Gasteiger partial charge >= 0.3 is 0 Å². The fraction of sp³-hybridized carbons (Fsp3) is 0.455. The van der Waals surface area contributed by atoms with E-state index in [9.17, 15) is 4.79 Å². The molecule has 0 spiro atoms. The largest absolute Gasteiger partial charge is 0.381 e. The van der Waals surface area contributed by atoms with Crippen LogP contribution in [0, 0.1) is 5.41 Å². The van der Waals surface area contributed by atoms with Gasteiger partial charge in [-0.05, 0) is 57.2 Å². The molecule has 1 N–H and O–H groups in total. The second-order valence-electron chi connectivity index (χ2n) is 8.17. The first-order chi connectivity index (χ1) is 12.4. The molecule has 1 aliphatic rings. The molecular weight excluding hydrogens is 324 g/mol. The van der Waals surface area contributed by atoms with Crippen molar-refractivity contribution in [2.75, 3.05) is 13.2 Å². The summed E-state index contributed by atoms with van der Waals surface area (Å²) in [4.78, 5) is 17.5. The van der Waals surface area contributed by atoms with Gasteiger partial charge in [0.15, 0.2) is 0 Å². The number of benzene rings is 1. The molecule has 1 aliphatic heterocycles. The smallest absolute Gasteiger partial charge is 0.227 e. The van der Waals surface area contributed by atoms with Gasteiger partial charge in [0.1, 0.15) is 0 Å². The number of carbonyl (C=O) groups is 1. The molecular formula is C22H28N2O2. The topological polar surface area (TPSA) is 51.2 Å². The molecule has 26 heavy (non-hydrogen) atoms. The number of hydrogen-bond donors (Lipinski definition) is 1. The number of nitrogens with zero attached hydrogens (tertiary/aromatic N) is 1. The van der Waals surface area contributed by atoms with Gasteiger partial charge in [0.25, 0.3) is 0 Å². The number of amides is 1. The van der Waals surface area contributed by atoms with E-state index in [0.717, 1.165) is 24.0 Å². The minimum absolute atomic E-state index is 0.134. The van der Waals surface area contributed by atoms with E-state index in [2.05, 4.69) is 28.5 Å². The molecule has 138 valence electrons. The molecule has 0 aliphatic carbocycles. The van der Waals surface area contributed by atoms with E-state index in [-0.39, 0.29) is 11.4 Å². The summed E-state index contributed by atoms with van der Waals surface area (Å²) in [7, 11) is 0. The average molecular weight is 352 g/mol. The Bertz CT molecular complexity index is 744. The van der Waals surface area contributed by atoms with Crippen LogP contribution in [-0.2, 0) is 16.0 Å². The third-order valence-corrected chi connectivity index (χ3v) is 4.94. The fourth-order valence-electron chi connectivity index (χ4n) is 3.56. The average Bonchev–Trinajstić information content (AvgIpc) is 2.62. The van der Waals surface area contributed by atoms with Gasteiger partial charge in [0.2, 0.25) is 5.91 Å². The molecule has 2 aromatic rings. The number of aromatic nitrogens is 1. The van der Waals surface area contributed by atoms with Crippen LogP contribution in [0.25, 0.3) is 11.1 Å². The van der Waals surface area contributed by atoms with E-state index in [1.54, 1.807) is 6.20 Å². The minimum atomic E-state index is -0.427. The van der Waals surface area contributed by atoms with Crippen LogP contribution in [0.15, 0.2) is 48.8 Å². The lowest BCUT2D eigenvalue weighted by Gasteiger charge is -2.38. The van der Waals surface area contributed by atoms with Gasteiger partial charge in [-0.2, -0.15) is 0 Å². The molecule has 1 amide bonds. The highest BCUT2D eigenvalue weighted by molar-refractivity contribution is 5.84. The molecule has 4 heteroatoms. The summed E-state index contributed by atoms with van der Waals surface area (Å²) in [6.45, 7) is 7.35. The first kappa shape index (κ1) is 18.6. The molecule has 0 atom stereocenters. The van der Waals surface area contributed by atoms with E-state index in [0.29, 0.717) is 19.6 Å². The van der Waals surface area contributed by atoms with Crippen molar-refractivity contribution in [3.05, 3.63) is 54.4 Å². The van der Waals surface area contributed by atoms with Crippen molar-refractivity contribution in [3.8, 4) is 11.1 Å². The van der Waals surface area contributed by atoms with Crippen LogP contribution in [0.5, 0.6) is 0 Å². The Morgan fingerprint density at radius 2 is 1.88 bits per heavy atom. The Balaban J connectivity index is 1.95. The first-order valence-electron chi connectivity index (χ1n) is 9.28. The SMILES string of the molecule is CC(C)(C)NC(=O)C1(Cc2ccccc2-c2cccnc2)CCOCC1. The van der Waals surface area contributed by atoms with Crippen molar-refractivity contribution in [1.29, 1.82) is 0 Å². The summed E-state index contributed by atoms with van der Waals surface area (Å²) in [6.07, 6.45) is 5.86. The second-order valence-corrected chi connectivity index (χ2v) is 8.17. The molecule has 0 saturated carbocycles. The van der Waals surface area contributed by atoms with Crippen molar-refractivity contribution < 1.29 is 9.53 Å². The van der Waals surface area contributed by atoms with E-state index in [4.69, 9.17) is 4.74 Å². The Hall–Kier alpha value is -2.20. The van der Waals surface area contributed by atoms with Crippen LogP contribution in [0.1, 0.15) is 39.2 Å². The van der Waals surface area contributed by atoms with Crippen LogP contribution in [0.3, 0.4) is 0 Å². The lowest BCUT2D eigenvalue weighted by molar-refractivity contribution is -0.138. The van der Waals surface area contributed by atoms with Crippen molar-refractivity contribution in [2.24, 2.45) is 5.41 Å². The first-order valence-corrected chi connectivity index (χ1v) is 9.28. The van der Waals surface area contributed by atoms with Gasteiger partial charge < -0.3 is 10.1 Å². The molecule has 3 rings (SSSR count). The van der Waals surface area contributed by atoms with Crippen LogP contribution >= 0.6 is 0 Å². The normalized spacial score (nSPS) is 16.9. The van der Waals surface area contributed by atoms with Gasteiger partial charge in [-0.1, -0.05) is 30.3 Å². The number of pyridine rings is 1. The molecule has 1 fully saturated rings. The van der Waals surface area contributed by atoms with E-state index < -0.39 is 5.41 Å². The zero-order valence-corrected chi connectivity index (χ0v) is 15.9. The van der Waals surface area contributed by atoms with Crippen LogP contribution < -0.4 is 5.32 Å². The van der Waals surface area contributed by atoms with E-state index in [1.165, 1.54) is 5.56 Å². The fourth-order valence-corrected chi connectivity index (χ4v) is 3.56. The van der Waals surface area contributed by atoms with Gasteiger partial charge in [-0.25, -0.2) is 0 Å². The monoisotopic (exact) mass is 352 g/mol. The number of nitrogens with one attached hydrogen (secondary N) is 1. The predicted octanol–water partition coefficient (Wildman–Crippen LogP) is 4.00. The number of carbonyl (C=O) groups excluding carboxylic acids is 1. The van der Waals surface area contributed by atoms with E-state index >= 15 is 0 Å². The van der Waals surface area contributed by atoms with Crippen molar-refractivity contribution in [2.45, 2.75) is 45.6 Å². The van der Waals surface area contributed by atoms with Gasteiger partial charge in [0, 0.05) is 36.7 Å². The van der Waals surface area contributed by atoms with Crippen molar-refractivity contribution in [3.63, 3.8) is 0 Å². The Morgan fingerprint density at radius 1 is 1.15 bits per heavy atom. The van der Waals surface area contributed by atoms with E-state index in [1.807, 2.05) is 45.2 Å². The third-order valence-electron chi connectivity index (χ3n) is 4.94. The lowest BCUT2D eigenvalue weighted by atomic mass is 9.73. The molecule has 0 radical (unpaired) electrons. The van der Waals surface area contributed by atoms with Crippen LogP contribution in [-0.4, -0.2) is 29.6 Å². The molecule has 1 saturated heterocycles. The second kappa shape index (κ2) is 7.58. The summed E-state index contributed by atoms with van der Waals surface area (Å²) in [5, 5.41) is 3.20. The highest BCUT2D eigenvalue weighted by Gasteiger charge is 2.41. The summed E-state index contributed by atoms with van der Waals surface area (Å²) >= 11 is 0. The molecule has 1 aromatic heterocycles. The minimum Gasteiger partial charge on any atom is -0.381 e.